The van der Waals surface area contributed by atoms with Crippen molar-refractivity contribution in [2.24, 2.45) is 0 Å². The van der Waals surface area contributed by atoms with Gasteiger partial charge >= 0.3 is 132 Å². The van der Waals surface area contributed by atoms with Gasteiger partial charge in [-0.15, -0.1) is 0 Å². The van der Waals surface area contributed by atoms with Gasteiger partial charge in [0.15, 0.2) is 0 Å². The third kappa shape index (κ3) is 5.61. The van der Waals surface area contributed by atoms with Gasteiger partial charge in [0, 0.05) is 0 Å². The van der Waals surface area contributed by atoms with Gasteiger partial charge in [0.1, 0.15) is 0 Å². The van der Waals surface area contributed by atoms with Gasteiger partial charge in [-0.05, 0) is 0 Å². The molecule has 0 N–H and O–H groups in total. The molecule has 0 unspecified atom stereocenters. The van der Waals surface area contributed by atoms with E-state index in [0.717, 1.165) is 25.7 Å². The average molecular weight is 447 g/mol. The van der Waals surface area contributed by atoms with Gasteiger partial charge in [0.25, 0.3) is 0 Å². The van der Waals surface area contributed by atoms with Crippen molar-refractivity contribution in [3.05, 3.63) is 0 Å². The first kappa shape index (κ1) is 22.1. The summed E-state index contributed by atoms with van der Waals surface area (Å²) in [6.45, 7) is -1.44. The van der Waals surface area contributed by atoms with Crippen molar-refractivity contribution >= 4 is 20.2 Å². The van der Waals surface area contributed by atoms with E-state index >= 15 is 0 Å². The molecular weight excluding hydrogens is 428 g/mol. The summed E-state index contributed by atoms with van der Waals surface area (Å²) in [6, 6.07) is 0. The topological polar surface area (TPSA) is 26.3 Å². The number of unbranched alkanes of at least 4 members (excludes halogenated alkanes) is 5. The summed E-state index contributed by atoms with van der Waals surface area (Å²) in [5.41, 5.74) is 0. The van der Waals surface area contributed by atoms with Crippen LogP contribution in [0.2, 0.25) is 0 Å². The van der Waals surface area contributed by atoms with Gasteiger partial charge < -0.3 is 0 Å². The van der Waals surface area contributed by atoms with E-state index in [4.69, 9.17) is 0 Å². The molecule has 0 aliphatic carbocycles. The average Bonchev–Trinajstić information content (AvgIpc) is 2.45. The van der Waals surface area contributed by atoms with Crippen molar-refractivity contribution in [3.63, 3.8) is 0 Å². The first-order valence-electron chi connectivity index (χ1n) is 6.91. The molecule has 0 aliphatic heterocycles. The standard InChI is InChI=1S/C8H17O.C4H2F7.O.Sn/c1-2-3-4-5-6-7-8-9;5-1-3(8,9)4(10,11)2(6)7;;/h2-8H2,1H3;1H2;;/q-1;;;+1. The quantitative estimate of drug-likeness (QED) is 0.247. The Kier molecular flexibility index (Phi) is 9.41. The van der Waals surface area contributed by atoms with Crippen LogP contribution >= 0.6 is 0 Å². The predicted molar refractivity (Wildman–Crippen MR) is 66.6 cm³/mol. The SMILES string of the molecule is CCCCCCCC[O][Sn](=[O])[C](F)(F)C(F)(F)C(F)(F)CF. The van der Waals surface area contributed by atoms with Crippen LogP contribution in [0, 0.1) is 0 Å². The fraction of sp³-hybridized carbons (Fsp3) is 1.00. The fourth-order valence-corrected chi connectivity index (χ4v) is 4.29. The molecule has 0 atom stereocenters. The molecule has 0 heterocycles. The molecule has 0 saturated heterocycles. The van der Waals surface area contributed by atoms with Crippen LogP contribution in [0.5, 0.6) is 0 Å². The van der Waals surface area contributed by atoms with Crippen LogP contribution in [0.1, 0.15) is 45.4 Å². The van der Waals surface area contributed by atoms with Gasteiger partial charge in [-0.2, -0.15) is 0 Å². The Balaban J connectivity index is 4.40. The van der Waals surface area contributed by atoms with E-state index < -0.39 is 49.2 Å². The minimum absolute atomic E-state index is 0.219. The van der Waals surface area contributed by atoms with Crippen molar-refractivity contribution < 1.29 is 36.9 Å². The maximum absolute atomic E-state index is 13.2. The van der Waals surface area contributed by atoms with Crippen LogP contribution in [-0.2, 0) is 6.15 Å². The summed E-state index contributed by atoms with van der Waals surface area (Å²) in [6.07, 6.45) is 4.47. The van der Waals surface area contributed by atoms with E-state index in [-0.39, 0.29) is 6.42 Å². The molecule has 0 rings (SSSR count). The normalized spacial score (nSPS) is 13.5. The van der Waals surface area contributed by atoms with Crippen LogP contribution in [0.4, 0.5) is 30.7 Å². The zero-order chi connectivity index (χ0) is 17.4. The van der Waals surface area contributed by atoms with Crippen molar-refractivity contribution in [2.45, 2.75) is 61.2 Å². The number of hydrogen-bond acceptors (Lipinski definition) is 2. The van der Waals surface area contributed by atoms with E-state index in [2.05, 4.69) is 3.07 Å². The van der Waals surface area contributed by atoms with Crippen LogP contribution in [0.25, 0.3) is 0 Å². The van der Waals surface area contributed by atoms with E-state index in [1.165, 1.54) is 0 Å². The zero-order valence-corrected chi connectivity index (χ0v) is 15.0. The number of hydrogen-bond donors (Lipinski definition) is 0. The minimum atomic E-state index is -6.04. The number of halogens is 7. The molecule has 0 aromatic heterocycles. The molecule has 0 radical (unpaired) electrons. The number of alkyl halides is 7. The van der Waals surface area contributed by atoms with Crippen molar-refractivity contribution in [1.29, 1.82) is 0 Å². The molecular formula is C12H19F7O2Sn. The maximum atomic E-state index is 13.2. The van der Waals surface area contributed by atoms with Crippen LogP contribution in [-0.4, -0.2) is 49.2 Å². The Hall–Kier alpha value is 0.0687. The Labute approximate surface area is 132 Å². The zero-order valence-electron chi connectivity index (χ0n) is 12.1. The van der Waals surface area contributed by atoms with Crippen molar-refractivity contribution in [2.75, 3.05) is 13.3 Å². The molecule has 0 aliphatic rings. The molecule has 0 aromatic carbocycles. The molecule has 0 aromatic rings. The molecule has 0 amide bonds. The van der Waals surface area contributed by atoms with E-state index in [0.29, 0.717) is 6.42 Å². The molecule has 10 heteroatoms. The second-order valence-electron chi connectivity index (χ2n) is 4.89. The second kappa shape index (κ2) is 9.39. The summed E-state index contributed by atoms with van der Waals surface area (Å²) in [5, 5.41) is 0. The molecule has 0 saturated carbocycles. The number of rotatable bonds is 12. The summed E-state index contributed by atoms with van der Waals surface area (Å²) in [5.74, 6) is -11.6. The third-order valence-corrected chi connectivity index (χ3v) is 6.70. The van der Waals surface area contributed by atoms with Crippen LogP contribution in [0.15, 0.2) is 0 Å². The molecule has 2 nitrogen and oxygen atoms in total. The van der Waals surface area contributed by atoms with E-state index in [1.54, 1.807) is 0 Å². The first-order valence-corrected chi connectivity index (χ1v) is 10.7. The summed E-state index contributed by atoms with van der Waals surface area (Å²) < 4.78 is 99.2. The van der Waals surface area contributed by atoms with Gasteiger partial charge in [0.2, 0.25) is 0 Å². The van der Waals surface area contributed by atoms with E-state index in [1.807, 2.05) is 6.92 Å². The Morgan fingerprint density at radius 3 is 1.91 bits per heavy atom. The Bertz CT molecular complexity index is 350. The van der Waals surface area contributed by atoms with Gasteiger partial charge in [-0.25, -0.2) is 0 Å². The van der Waals surface area contributed by atoms with Gasteiger partial charge in [-0.3, -0.25) is 0 Å². The summed E-state index contributed by atoms with van der Waals surface area (Å²) in [7, 11) is 0. The van der Waals surface area contributed by atoms with Crippen LogP contribution in [0.3, 0.4) is 0 Å². The van der Waals surface area contributed by atoms with E-state index in [9.17, 15) is 33.8 Å². The third-order valence-electron chi connectivity index (χ3n) is 3.01. The second-order valence-corrected chi connectivity index (χ2v) is 9.15. The Morgan fingerprint density at radius 1 is 0.909 bits per heavy atom. The summed E-state index contributed by atoms with van der Waals surface area (Å²) in [4.78, 5) is 0. The van der Waals surface area contributed by atoms with Gasteiger partial charge in [-0.1, -0.05) is 0 Å². The van der Waals surface area contributed by atoms with Crippen LogP contribution < -0.4 is 0 Å². The van der Waals surface area contributed by atoms with Gasteiger partial charge in [0.05, 0.1) is 0 Å². The molecule has 22 heavy (non-hydrogen) atoms. The van der Waals surface area contributed by atoms with Crippen molar-refractivity contribution in [1.82, 2.24) is 0 Å². The first-order chi connectivity index (χ1) is 10.0. The molecule has 132 valence electrons. The Morgan fingerprint density at radius 2 is 1.41 bits per heavy atom. The van der Waals surface area contributed by atoms with Crippen molar-refractivity contribution in [3.8, 4) is 0 Å². The molecule has 0 bridgehead atoms. The monoisotopic (exact) mass is 448 g/mol. The predicted octanol–water partition coefficient (Wildman–Crippen LogP) is 4.70. The molecule has 0 fully saturated rings. The summed E-state index contributed by atoms with van der Waals surface area (Å²) >= 11 is -5.82. The fourth-order valence-electron chi connectivity index (χ4n) is 1.58. The molecule has 0 spiro atoms.